The predicted octanol–water partition coefficient (Wildman–Crippen LogP) is 10.1. The van der Waals surface area contributed by atoms with Crippen LogP contribution in [0.3, 0.4) is 0 Å². The van der Waals surface area contributed by atoms with Gasteiger partial charge < -0.3 is 14.4 Å². The van der Waals surface area contributed by atoms with E-state index in [-0.39, 0.29) is 20.1 Å². The van der Waals surface area contributed by atoms with E-state index >= 15 is 0 Å². The molecular weight excluding hydrogens is 731 g/mol. The van der Waals surface area contributed by atoms with Crippen LogP contribution in [-0.4, -0.2) is 15.0 Å². The molecule has 1 radical (unpaired) electrons. The molecule has 4 nitrogen and oxygen atoms in total. The van der Waals surface area contributed by atoms with Gasteiger partial charge in [0.25, 0.3) is 0 Å². The number of fused-ring (bicyclic) bond motifs is 4. The molecule has 5 heteroatoms. The first-order valence-electron chi connectivity index (χ1n) is 14.6. The molecule has 8 rings (SSSR count). The molecule has 0 spiro atoms. The summed E-state index contributed by atoms with van der Waals surface area (Å²) in [6.45, 7) is 6.27. The van der Waals surface area contributed by atoms with Crippen LogP contribution < -0.4 is 0 Å². The van der Waals surface area contributed by atoms with Gasteiger partial charge in [-0.25, -0.2) is 4.98 Å². The largest absolute Gasteiger partial charge is 0.486 e. The van der Waals surface area contributed by atoms with Crippen molar-refractivity contribution in [1.82, 2.24) is 15.0 Å². The molecule has 8 aromatic rings. The summed E-state index contributed by atoms with van der Waals surface area (Å²) in [7, 11) is 0. The Balaban J connectivity index is 0.000000231. The first-order chi connectivity index (χ1) is 21.6. The normalized spacial score (nSPS) is 10.8. The van der Waals surface area contributed by atoms with Gasteiger partial charge in [0.2, 0.25) is 5.71 Å². The molecular formula is C40H29IrN3O-2. The van der Waals surface area contributed by atoms with Crippen molar-refractivity contribution in [3.63, 3.8) is 0 Å². The van der Waals surface area contributed by atoms with Gasteiger partial charge >= 0.3 is 0 Å². The van der Waals surface area contributed by atoms with Crippen molar-refractivity contribution in [2.75, 3.05) is 0 Å². The molecule has 0 amide bonds. The Morgan fingerprint density at radius 1 is 0.644 bits per heavy atom. The summed E-state index contributed by atoms with van der Waals surface area (Å²) < 4.78 is 6.19. The summed E-state index contributed by atoms with van der Waals surface area (Å²) in [4.78, 5) is 13.5. The van der Waals surface area contributed by atoms with Gasteiger partial charge in [0.05, 0.1) is 5.58 Å². The Morgan fingerprint density at radius 3 is 2.31 bits per heavy atom. The van der Waals surface area contributed by atoms with E-state index < -0.39 is 0 Å². The maximum Gasteiger partial charge on any atom is 0.216 e. The van der Waals surface area contributed by atoms with Crippen LogP contribution in [0.15, 0.2) is 126 Å². The Morgan fingerprint density at radius 2 is 1.49 bits per heavy atom. The molecule has 0 bridgehead atoms. The van der Waals surface area contributed by atoms with Crippen molar-refractivity contribution in [2.24, 2.45) is 0 Å². The number of aromatic nitrogens is 3. The van der Waals surface area contributed by atoms with Gasteiger partial charge in [-0.15, -0.1) is 54.1 Å². The number of pyridine rings is 3. The minimum atomic E-state index is 0. The van der Waals surface area contributed by atoms with Gasteiger partial charge in [-0.05, 0) is 83.4 Å². The fraction of sp³-hybridized carbons (Fsp3) is 0.0750. The van der Waals surface area contributed by atoms with Crippen LogP contribution in [0.5, 0.6) is 0 Å². The SMILES string of the molecule is Cc1ccc2c(n1)oc1c(-c3cc(-c4ccc5ccccc5c4C)c(C)cn3)[c-]ccc12.[Ir].[c-]1ccccc1-c1ccccn1. The molecule has 4 heterocycles. The third kappa shape index (κ3) is 5.93. The molecule has 45 heavy (non-hydrogen) atoms. The maximum absolute atomic E-state index is 6.19. The zero-order valence-electron chi connectivity index (χ0n) is 25.1. The van der Waals surface area contributed by atoms with Crippen LogP contribution in [0, 0.1) is 32.9 Å². The van der Waals surface area contributed by atoms with Gasteiger partial charge in [-0.2, -0.15) is 0 Å². The molecule has 0 fully saturated rings. The zero-order chi connectivity index (χ0) is 30.0. The molecule has 221 valence electrons. The zero-order valence-corrected chi connectivity index (χ0v) is 27.5. The second kappa shape index (κ2) is 13.0. The van der Waals surface area contributed by atoms with E-state index in [4.69, 9.17) is 9.40 Å². The molecule has 0 aliphatic carbocycles. The number of furan rings is 1. The van der Waals surface area contributed by atoms with Crippen molar-refractivity contribution < 1.29 is 24.5 Å². The molecule has 0 atom stereocenters. The Hall–Kier alpha value is -4.96. The van der Waals surface area contributed by atoms with Crippen molar-refractivity contribution in [3.8, 4) is 33.6 Å². The van der Waals surface area contributed by atoms with Gasteiger partial charge in [0, 0.05) is 43.6 Å². The van der Waals surface area contributed by atoms with Crippen LogP contribution in [0.25, 0.3) is 66.5 Å². The van der Waals surface area contributed by atoms with E-state index in [1.54, 1.807) is 6.20 Å². The van der Waals surface area contributed by atoms with Crippen molar-refractivity contribution >= 4 is 32.8 Å². The summed E-state index contributed by atoms with van der Waals surface area (Å²) >= 11 is 0. The Labute approximate surface area is 276 Å². The van der Waals surface area contributed by atoms with E-state index in [0.29, 0.717) is 5.71 Å². The van der Waals surface area contributed by atoms with E-state index in [1.165, 1.54) is 27.5 Å². The van der Waals surface area contributed by atoms with Crippen molar-refractivity contribution in [3.05, 3.63) is 151 Å². The number of hydrogen-bond donors (Lipinski definition) is 0. The number of nitrogens with zero attached hydrogens (tertiary/aromatic N) is 3. The summed E-state index contributed by atoms with van der Waals surface area (Å²) in [6, 6.07) is 43.3. The Kier molecular flexibility index (Phi) is 8.66. The molecule has 0 saturated heterocycles. The van der Waals surface area contributed by atoms with E-state index in [1.807, 2.05) is 73.8 Å². The molecule has 0 aliphatic heterocycles. The monoisotopic (exact) mass is 760 g/mol. The number of hydrogen-bond acceptors (Lipinski definition) is 4. The van der Waals surface area contributed by atoms with Crippen LogP contribution in [0.4, 0.5) is 0 Å². The van der Waals surface area contributed by atoms with E-state index in [0.717, 1.165) is 50.1 Å². The van der Waals surface area contributed by atoms with Crippen LogP contribution in [-0.2, 0) is 20.1 Å². The first-order valence-corrected chi connectivity index (χ1v) is 14.6. The number of benzene rings is 4. The molecule has 0 N–H and O–H groups in total. The minimum Gasteiger partial charge on any atom is -0.486 e. The quantitative estimate of drug-likeness (QED) is 0.168. The maximum atomic E-state index is 6.19. The van der Waals surface area contributed by atoms with Crippen LogP contribution in [0.1, 0.15) is 16.8 Å². The molecule has 0 unspecified atom stereocenters. The average molecular weight is 760 g/mol. The van der Waals surface area contributed by atoms with E-state index in [9.17, 15) is 0 Å². The summed E-state index contributed by atoms with van der Waals surface area (Å²) in [5.74, 6) is 0. The summed E-state index contributed by atoms with van der Waals surface area (Å²) in [5, 5.41) is 4.57. The predicted molar refractivity (Wildman–Crippen MR) is 179 cm³/mol. The van der Waals surface area contributed by atoms with Gasteiger partial charge in [0.1, 0.15) is 0 Å². The first kappa shape index (κ1) is 30.1. The van der Waals surface area contributed by atoms with Gasteiger partial charge in [-0.1, -0.05) is 65.5 Å². The van der Waals surface area contributed by atoms with Crippen molar-refractivity contribution in [2.45, 2.75) is 20.8 Å². The third-order valence-electron chi connectivity index (χ3n) is 7.94. The summed E-state index contributed by atoms with van der Waals surface area (Å²) in [5.41, 5.74) is 10.9. The van der Waals surface area contributed by atoms with Gasteiger partial charge in [0.15, 0.2) is 0 Å². The molecule has 0 aliphatic rings. The standard InChI is InChI=1S/C29H21N2O.C11H8N.Ir/c1-17-16-30-27(15-26(17)22-14-12-20-7-4-5-8-21(20)19(22)3)25-10-6-9-23-24-13-11-18(2)31-29(24)32-28(23)25;1-2-6-10(7-3-1)11-8-4-5-9-12-11;/h4-9,11-16H,1-3H3;1-6,8-9H;/q2*-1;. The average Bonchev–Trinajstić information content (AvgIpc) is 3.44. The second-order valence-corrected chi connectivity index (χ2v) is 10.8. The van der Waals surface area contributed by atoms with Crippen LogP contribution in [0.2, 0.25) is 0 Å². The number of rotatable bonds is 3. The fourth-order valence-electron chi connectivity index (χ4n) is 5.65. The molecule has 0 saturated carbocycles. The van der Waals surface area contributed by atoms with Gasteiger partial charge in [-0.3, -0.25) is 0 Å². The molecule has 4 aromatic heterocycles. The summed E-state index contributed by atoms with van der Waals surface area (Å²) in [6.07, 6.45) is 3.73. The van der Waals surface area contributed by atoms with Crippen molar-refractivity contribution in [1.29, 1.82) is 0 Å². The minimum absolute atomic E-state index is 0. The third-order valence-corrected chi connectivity index (χ3v) is 7.94. The smallest absolute Gasteiger partial charge is 0.216 e. The topological polar surface area (TPSA) is 51.8 Å². The number of aryl methyl sites for hydroxylation is 3. The Bertz CT molecular complexity index is 2220. The fourth-order valence-corrected chi connectivity index (χ4v) is 5.65. The second-order valence-electron chi connectivity index (χ2n) is 10.8. The van der Waals surface area contributed by atoms with E-state index in [2.05, 4.69) is 84.5 Å². The van der Waals surface area contributed by atoms with Crippen LogP contribution >= 0.6 is 0 Å². The molecule has 4 aromatic carbocycles.